The quantitative estimate of drug-likeness (QED) is 0.784. The molecule has 0 aliphatic heterocycles. The van der Waals surface area contributed by atoms with Crippen molar-refractivity contribution in [1.29, 1.82) is 0 Å². The van der Waals surface area contributed by atoms with Crippen LogP contribution in [0.15, 0.2) is 0 Å². The molecule has 1 radical (unpaired) electrons. The van der Waals surface area contributed by atoms with Crippen molar-refractivity contribution in [2.45, 2.75) is 38.8 Å². The molecule has 0 rings (SSSR count). The molecule has 0 aliphatic carbocycles. The predicted octanol–water partition coefficient (Wildman–Crippen LogP) is 1.74. The van der Waals surface area contributed by atoms with Crippen LogP contribution in [0.25, 0.3) is 0 Å². The zero-order valence-corrected chi connectivity index (χ0v) is 10.4. The molecule has 1 atom stereocenters. The Morgan fingerprint density at radius 2 is 2.13 bits per heavy atom. The third kappa shape index (κ3) is 8.30. The van der Waals surface area contributed by atoms with Gasteiger partial charge in [-0.3, -0.25) is 4.79 Å². The summed E-state index contributed by atoms with van der Waals surface area (Å²) in [6, 6.07) is -0.577. The molecule has 0 saturated heterocycles. The van der Waals surface area contributed by atoms with Crippen LogP contribution in [0.1, 0.15) is 27.2 Å². The molecule has 0 fully saturated rings. The molecule has 1 N–H and O–H groups in total. The molecule has 0 spiro atoms. The second kappa shape index (κ2) is 6.71. The highest BCUT2D eigenvalue weighted by molar-refractivity contribution is 7.98. The van der Waals surface area contributed by atoms with Crippen LogP contribution in [0.3, 0.4) is 0 Å². The summed E-state index contributed by atoms with van der Waals surface area (Å²) < 4.78 is 5.01. The van der Waals surface area contributed by atoms with Crippen molar-refractivity contribution in [1.82, 2.24) is 5.32 Å². The Hall–Kier alpha value is -0.710. The normalized spacial score (nSPS) is 13.1. The Balaban J connectivity index is 3.96. The van der Waals surface area contributed by atoms with Crippen molar-refractivity contribution in [3.63, 3.8) is 0 Å². The number of carbonyl (C=O) groups excluding carboxylic acids is 2. The van der Waals surface area contributed by atoms with Crippen LogP contribution in [-0.2, 0) is 9.53 Å². The van der Waals surface area contributed by atoms with Crippen molar-refractivity contribution >= 4 is 24.1 Å². The van der Waals surface area contributed by atoms with Crippen LogP contribution < -0.4 is 5.32 Å². The predicted molar refractivity (Wildman–Crippen MR) is 61.9 cm³/mol. The number of nitrogens with one attached hydrogen (secondary N) is 1. The van der Waals surface area contributed by atoms with E-state index in [-0.39, 0.29) is 0 Å². The average Bonchev–Trinajstić information content (AvgIpc) is 2.09. The van der Waals surface area contributed by atoms with Gasteiger partial charge < -0.3 is 10.1 Å². The van der Waals surface area contributed by atoms with Gasteiger partial charge in [0, 0.05) is 0 Å². The number of rotatable bonds is 5. The van der Waals surface area contributed by atoms with E-state index in [1.165, 1.54) is 0 Å². The molecule has 0 bridgehead atoms. The van der Waals surface area contributed by atoms with E-state index in [0.29, 0.717) is 6.42 Å². The van der Waals surface area contributed by atoms with E-state index < -0.39 is 17.7 Å². The monoisotopic (exact) mass is 232 g/mol. The van der Waals surface area contributed by atoms with Crippen molar-refractivity contribution in [2.75, 3.05) is 12.0 Å². The average molecular weight is 232 g/mol. The lowest BCUT2D eigenvalue weighted by Crippen LogP contribution is -2.40. The van der Waals surface area contributed by atoms with E-state index in [1.807, 2.05) is 6.26 Å². The summed E-state index contributed by atoms with van der Waals surface area (Å²) in [5, 5.41) is 2.46. The Morgan fingerprint density at radius 1 is 1.53 bits per heavy atom. The largest absolute Gasteiger partial charge is 0.444 e. The fraction of sp³-hybridized carbons (Fsp3) is 0.800. The lowest BCUT2D eigenvalue weighted by Gasteiger charge is -2.21. The van der Waals surface area contributed by atoms with Gasteiger partial charge in [-0.1, -0.05) is 0 Å². The molecule has 0 aromatic heterocycles. The Morgan fingerprint density at radius 3 is 2.53 bits per heavy atom. The van der Waals surface area contributed by atoms with Crippen LogP contribution >= 0.6 is 11.8 Å². The SMILES string of the molecule is CSCCC([C]=O)NC(=O)OC(C)(C)C. The fourth-order valence-electron chi connectivity index (χ4n) is 0.846. The summed E-state index contributed by atoms with van der Waals surface area (Å²) in [7, 11) is 0. The number of alkyl carbamates (subject to hydrolysis) is 1. The Labute approximate surface area is 95.1 Å². The first-order valence-electron chi connectivity index (χ1n) is 4.75. The van der Waals surface area contributed by atoms with Crippen molar-refractivity contribution in [3.05, 3.63) is 0 Å². The molecule has 15 heavy (non-hydrogen) atoms. The summed E-state index contributed by atoms with van der Waals surface area (Å²) >= 11 is 1.61. The van der Waals surface area contributed by atoms with Gasteiger partial charge in [-0.15, -0.1) is 0 Å². The van der Waals surface area contributed by atoms with Gasteiger partial charge in [0.1, 0.15) is 5.60 Å². The third-order valence-electron chi connectivity index (χ3n) is 1.44. The van der Waals surface area contributed by atoms with Crippen molar-refractivity contribution < 1.29 is 14.3 Å². The number of ether oxygens (including phenoxy) is 1. The zero-order valence-electron chi connectivity index (χ0n) is 9.62. The lowest BCUT2D eigenvalue weighted by atomic mass is 10.2. The molecule has 0 aromatic rings. The third-order valence-corrected chi connectivity index (χ3v) is 2.09. The smallest absolute Gasteiger partial charge is 0.408 e. The first-order chi connectivity index (χ1) is 6.89. The highest BCUT2D eigenvalue weighted by atomic mass is 32.2. The van der Waals surface area contributed by atoms with Crippen molar-refractivity contribution in [3.8, 4) is 0 Å². The van der Waals surface area contributed by atoms with Gasteiger partial charge in [-0.25, -0.2) is 4.79 Å². The van der Waals surface area contributed by atoms with Crippen LogP contribution in [0, 0.1) is 0 Å². The first kappa shape index (κ1) is 14.3. The van der Waals surface area contributed by atoms with Gasteiger partial charge in [0.2, 0.25) is 6.29 Å². The summed E-state index contributed by atoms with van der Waals surface area (Å²) in [5.74, 6) is 0.801. The van der Waals surface area contributed by atoms with E-state index in [0.717, 1.165) is 5.75 Å². The Kier molecular flexibility index (Phi) is 6.40. The molecule has 1 amide bonds. The number of carbonyl (C=O) groups is 1. The summed E-state index contributed by atoms with van der Waals surface area (Å²) in [4.78, 5) is 21.8. The maximum Gasteiger partial charge on any atom is 0.408 e. The molecule has 4 nitrogen and oxygen atoms in total. The van der Waals surface area contributed by atoms with E-state index >= 15 is 0 Å². The topological polar surface area (TPSA) is 55.4 Å². The molecule has 0 aromatic carbocycles. The van der Waals surface area contributed by atoms with Gasteiger partial charge in [0.25, 0.3) is 0 Å². The highest BCUT2D eigenvalue weighted by Crippen LogP contribution is 2.07. The lowest BCUT2D eigenvalue weighted by molar-refractivity contribution is 0.0516. The fourth-order valence-corrected chi connectivity index (χ4v) is 1.32. The van der Waals surface area contributed by atoms with Gasteiger partial charge >= 0.3 is 6.09 Å². The zero-order chi connectivity index (χ0) is 11.9. The first-order valence-corrected chi connectivity index (χ1v) is 6.14. The van der Waals surface area contributed by atoms with Crippen LogP contribution in [0.5, 0.6) is 0 Å². The number of hydrogen-bond donors (Lipinski definition) is 1. The maximum atomic E-state index is 11.3. The standard InChI is InChI=1S/C10H18NO3S/c1-10(2,3)14-9(13)11-8(7-12)5-6-15-4/h8H,5-6H2,1-4H3,(H,11,13). The highest BCUT2D eigenvalue weighted by Gasteiger charge is 2.19. The van der Waals surface area contributed by atoms with E-state index in [2.05, 4.69) is 5.32 Å². The molecule has 1 unspecified atom stereocenters. The number of amides is 1. The molecular weight excluding hydrogens is 214 g/mol. The summed E-state index contributed by atoms with van der Waals surface area (Å²) in [6.45, 7) is 5.32. The number of thioether (sulfide) groups is 1. The second-order valence-corrected chi connectivity index (χ2v) is 5.08. The molecule has 87 valence electrons. The minimum atomic E-state index is -0.577. The summed E-state index contributed by atoms with van der Waals surface area (Å²) in [5.41, 5.74) is -0.545. The van der Waals surface area contributed by atoms with Crippen LogP contribution in [0.2, 0.25) is 0 Å². The van der Waals surface area contributed by atoms with E-state index in [1.54, 1.807) is 38.8 Å². The van der Waals surface area contributed by atoms with Gasteiger partial charge in [-0.2, -0.15) is 11.8 Å². The number of hydrogen-bond acceptors (Lipinski definition) is 4. The molecule has 0 aliphatic rings. The summed E-state index contributed by atoms with van der Waals surface area (Å²) in [6.07, 6.45) is 3.72. The van der Waals surface area contributed by atoms with Gasteiger partial charge in [0.05, 0.1) is 6.04 Å². The Bertz CT molecular complexity index is 213. The van der Waals surface area contributed by atoms with Gasteiger partial charge in [0.15, 0.2) is 0 Å². The van der Waals surface area contributed by atoms with E-state index in [9.17, 15) is 9.59 Å². The van der Waals surface area contributed by atoms with Crippen LogP contribution in [0.4, 0.5) is 4.79 Å². The molecule has 0 heterocycles. The molecule has 0 saturated carbocycles. The van der Waals surface area contributed by atoms with Gasteiger partial charge in [-0.05, 0) is 39.2 Å². The second-order valence-electron chi connectivity index (χ2n) is 4.10. The molecule has 5 heteroatoms. The minimum Gasteiger partial charge on any atom is -0.444 e. The minimum absolute atomic E-state index is 0.545. The molecular formula is C10H18NO3S. The van der Waals surface area contributed by atoms with Crippen LogP contribution in [-0.4, -0.2) is 36.0 Å². The van der Waals surface area contributed by atoms with Crippen molar-refractivity contribution in [2.24, 2.45) is 0 Å². The van der Waals surface area contributed by atoms with E-state index in [4.69, 9.17) is 4.74 Å². The maximum absolute atomic E-state index is 11.3.